The predicted octanol–water partition coefficient (Wildman–Crippen LogP) is 3.18. The standard InChI is InChI=1S/C10H7Cl2NO2/c1-13-8-5(3-2-4-6(8)11)7(9(13)12)10(14)15/h2-4H,1H3,(H,14,15). The Morgan fingerprint density at radius 2 is 2.07 bits per heavy atom. The summed E-state index contributed by atoms with van der Waals surface area (Å²) in [7, 11) is 1.68. The molecule has 0 radical (unpaired) electrons. The van der Waals surface area contributed by atoms with Gasteiger partial charge >= 0.3 is 5.97 Å². The topological polar surface area (TPSA) is 42.2 Å². The van der Waals surface area contributed by atoms with Gasteiger partial charge in [0.15, 0.2) is 0 Å². The number of fused-ring (bicyclic) bond motifs is 1. The fourth-order valence-corrected chi connectivity index (χ4v) is 2.21. The van der Waals surface area contributed by atoms with Crippen molar-refractivity contribution < 1.29 is 9.90 Å². The average Bonchev–Trinajstić information content (AvgIpc) is 2.41. The van der Waals surface area contributed by atoms with E-state index in [4.69, 9.17) is 28.3 Å². The molecule has 0 spiro atoms. The molecule has 78 valence electrons. The van der Waals surface area contributed by atoms with Crippen LogP contribution in [0.4, 0.5) is 0 Å². The van der Waals surface area contributed by atoms with Gasteiger partial charge in [-0.1, -0.05) is 35.3 Å². The third-order valence-corrected chi connectivity index (χ3v) is 3.05. The van der Waals surface area contributed by atoms with Crippen LogP contribution < -0.4 is 0 Å². The molecule has 3 nitrogen and oxygen atoms in total. The Bertz CT molecular complexity index is 560. The lowest BCUT2D eigenvalue weighted by Crippen LogP contribution is -1.96. The van der Waals surface area contributed by atoms with Crippen molar-refractivity contribution in [2.45, 2.75) is 0 Å². The van der Waals surface area contributed by atoms with E-state index in [0.29, 0.717) is 15.9 Å². The molecule has 1 aromatic carbocycles. The number of aromatic nitrogens is 1. The molecule has 0 aliphatic rings. The van der Waals surface area contributed by atoms with E-state index in [1.807, 2.05) is 0 Å². The molecule has 0 aliphatic heterocycles. The second-order valence-corrected chi connectivity index (χ2v) is 3.93. The van der Waals surface area contributed by atoms with E-state index in [1.165, 1.54) is 0 Å². The number of aryl methyl sites for hydroxylation is 1. The highest BCUT2D eigenvalue weighted by Gasteiger charge is 2.20. The summed E-state index contributed by atoms with van der Waals surface area (Å²) in [5.74, 6) is -1.05. The van der Waals surface area contributed by atoms with Gasteiger partial charge in [-0.05, 0) is 6.07 Å². The number of carboxylic acid groups (broad SMARTS) is 1. The number of benzene rings is 1. The van der Waals surface area contributed by atoms with Gasteiger partial charge in [0.2, 0.25) is 0 Å². The van der Waals surface area contributed by atoms with Crippen LogP contribution in [-0.4, -0.2) is 15.6 Å². The number of aromatic carboxylic acids is 1. The van der Waals surface area contributed by atoms with Gasteiger partial charge in [-0.25, -0.2) is 4.79 Å². The highest BCUT2D eigenvalue weighted by Crippen LogP contribution is 2.33. The van der Waals surface area contributed by atoms with Crippen molar-refractivity contribution in [3.63, 3.8) is 0 Å². The third kappa shape index (κ3) is 1.39. The second-order valence-electron chi connectivity index (χ2n) is 3.17. The molecule has 0 fully saturated rings. The average molecular weight is 244 g/mol. The van der Waals surface area contributed by atoms with Crippen LogP contribution in [0.25, 0.3) is 10.9 Å². The molecule has 0 atom stereocenters. The summed E-state index contributed by atoms with van der Waals surface area (Å²) < 4.78 is 1.57. The van der Waals surface area contributed by atoms with Gasteiger partial charge in [-0.15, -0.1) is 0 Å². The van der Waals surface area contributed by atoms with Gasteiger partial charge in [0.05, 0.1) is 10.5 Å². The molecule has 0 amide bonds. The van der Waals surface area contributed by atoms with Gasteiger partial charge in [-0.2, -0.15) is 0 Å². The first-order chi connectivity index (χ1) is 7.04. The summed E-state index contributed by atoms with van der Waals surface area (Å²) in [4.78, 5) is 11.0. The van der Waals surface area contributed by atoms with Crippen molar-refractivity contribution in [3.05, 3.63) is 33.9 Å². The fourth-order valence-electron chi connectivity index (χ4n) is 1.64. The Kier molecular flexibility index (Phi) is 2.37. The van der Waals surface area contributed by atoms with Crippen LogP contribution in [0, 0.1) is 0 Å². The summed E-state index contributed by atoms with van der Waals surface area (Å²) in [6.07, 6.45) is 0. The lowest BCUT2D eigenvalue weighted by molar-refractivity contribution is 0.0699. The number of halogens is 2. The first-order valence-electron chi connectivity index (χ1n) is 4.19. The zero-order valence-corrected chi connectivity index (χ0v) is 9.30. The van der Waals surface area contributed by atoms with Gasteiger partial charge < -0.3 is 9.67 Å². The molecule has 1 aromatic heterocycles. The molecule has 0 bridgehead atoms. The summed E-state index contributed by atoms with van der Waals surface area (Å²) in [5.41, 5.74) is 0.734. The lowest BCUT2D eigenvalue weighted by atomic mass is 10.2. The summed E-state index contributed by atoms with van der Waals surface area (Å²) in [6, 6.07) is 5.09. The normalized spacial score (nSPS) is 10.9. The molecule has 2 aromatic rings. The Balaban J connectivity index is 3.00. The van der Waals surface area contributed by atoms with Gasteiger partial charge in [0.25, 0.3) is 0 Å². The third-order valence-electron chi connectivity index (χ3n) is 2.31. The molecule has 0 saturated heterocycles. The van der Waals surface area contributed by atoms with Crippen LogP contribution in [0.15, 0.2) is 18.2 Å². The zero-order valence-electron chi connectivity index (χ0n) is 7.79. The van der Waals surface area contributed by atoms with Crippen LogP contribution in [0.2, 0.25) is 10.2 Å². The molecule has 15 heavy (non-hydrogen) atoms. The molecule has 5 heteroatoms. The highest BCUT2D eigenvalue weighted by atomic mass is 35.5. The molecular formula is C10H7Cl2NO2. The van der Waals surface area contributed by atoms with Crippen LogP contribution in [0.1, 0.15) is 10.4 Å². The fraction of sp³-hybridized carbons (Fsp3) is 0.100. The maximum absolute atomic E-state index is 11.0. The van der Waals surface area contributed by atoms with Crippen molar-refractivity contribution in [2.24, 2.45) is 7.05 Å². The Hall–Kier alpha value is -1.19. The molecule has 0 aliphatic carbocycles. The smallest absolute Gasteiger partial charge is 0.339 e. The lowest BCUT2D eigenvalue weighted by Gasteiger charge is -1.98. The van der Waals surface area contributed by atoms with Crippen LogP contribution >= 0.6 is 23.2 Å². The van der Waals surface area contributed by atoms with Gasteiger partial charge in [0, 0.05) is 12.4 Å². The maximum Gasteiger partial charge on any atom is 0.339 e. The highest BCUT2D eigenvalue weighted by molar-refractivity contribution is 6.39. The van der Waals surface area contributed by atoms with E-state index in [-0.39, 0.29) is 10.7 Å². The number of carbonyl (C=O) groups is 1. The minimum atomic E-state index is -1.05. The minimum Gasteiger partial charge on any atom is -0.478 e. The largest absolute Gasteiger partial charge is 0.478 e. The summed E-state index contributed by atoms with van der Waals surface area (Å²) >= 11 is 11.9. The molecule has 1 heterocycles. The molecule has 0 unspecified atom stereocenters. The van der Waals surface area contributed by atoms with Crippen LogP contribution in [0.5, 0.6) is 0 Å². The van der Waals surface area contributed by atoms with Crippen LogP contribution in [0.3, 0.4) is 0 Å². The van der Waals surface area contributed by atoms with Crippen LogP contribution in [-0.2, 0) is 7.05 Å². The minimum absolute atomic E-state index is 0.0941. The Morgan fingerprint density at radius 1 is 1.40 bits per heavy atom. The number of para-hydroxylation sites is 1. The number of carboxylic acids is 1. The number of hydrogen-bond acceptors (Lipinski definition) is 1. The van der Waals surface area contributed by atoms with E-state index in [2.05, 4.69) is 0 Å². The number of rotatable bonds is 1. The van der Waals surface area contributed by atoms with E-state index < -0.39 is 5.97 Å². The maximum atomic E-state index is 11.0. The van der Waals surface area contributed by atoms with Crippen molar-refractivity contribution in [2.75, 3.05) is 0 Å². The summed E-state index contributed by atoms with van der Waals surface area (Å²) in [6.45, 7) is 0. The van der Waals surface area contributed by atoms with Crippen molar-refractivity contribution in [1.82, 2.24) is 4.57 Å². The zero-order chi connectivity index (χ0) is 11.2. The molecule has 1 N–H and O–H groups in total. The van der Waals surface area contributed by atoms with E-state index >= 15 is 0 Å². The summed E-state index contributed by atoms with van der Waals surface area (Å²) in [5, 5.41) is 10.3. The van der Waals surface area contributed by atoms with E-state index in [1.54, 1.807) is 29.8 Å². The SMILES string of the molecule is Cn1c(Cl)c(C(=O)O)c2cccc(Cl)c21. The van der Waals surface area contributed by atoms with Crippen molar-refractivity contribution >= 4 is 40.1 Å². The second kappa shape index (κ2) is 3.43. The van der Waals surface area contributed by atoms with Crippen molar-refractivity contribution in [1.29, 1.82) is 0 Å². The molecule has 2 rings (SSSR count). The van der Waals surface area contributed by atoms with E-state index in [9.17, 15) is 4.79 Å². The van der Waals surface area contributed by atoms with Gasteiger partial charge in [0.1, 0.15) is 10.7 Å². The monoisotopic (exact) mass is 243 g/mol. The van der Waals surface area contributed by atoms with Crippen molar-refractivity contribution in [3.8, 4) is 0 Å². The molecular weight excluding hydrogens is 237 g/mol. The van der Waals surface area contributed by atoms with Gasteiger partial charge in [-0.3, -0.25) is 0 Å². The number of nitrogens with zero attached hydrogens (tertiary/aromatic N) is 1. The number of hydrogen-bond donors (Lipinski definition) is 1. The first-order valence-corrected chi connectivity index (χ1v) is 4.95. The first kappa shape index (κ1) is 10.3. The molecule has 0 saturated carbocycles. The quantitative estimate of drug-likeness (QED) is 0.836. The Labute approximate surface area is 95.8 Å². The predicted molar refractivity (Wildman–Crippen MR) is 59.9 cm³/mol. The van der Waals surface area contributed by atoms with E-state index in [0.717, 1.165) is 0 Å². The Morgan fingerprint density at radius 3 is 2.67 bits per heavy atom.